The number of halogens is 1. The largest absolute Gasteiger partial charge is 0.378 e. The van der Waals surface area contributed by atoms with Crippen molar-refractivity contribution in [3.05, 3.63) is 45.6 Å². The number of ether oxygens (including phenoxy) is 1. The summed E-state index contributed by atoms with van der Waals surface area (Å²) in [7, 11) is 1.63. The maximum absolute atomic E-state index is 13.1. The van der Waals surface area contributed by atoms with Crippen LogP contribution in [0.4, 0.5) is 5.82 Å². The molecule has 4 rings (SSSR count). The molecule has 0 bridgehead atoms. The predicted molar refractivity (Wildman–Crippen MR) is 106 cm³/mol. The van der Waals surface area contributed by atoms with Crippen molar-refractivity contribution >= 4 is 23.3 Å². The number of carbonyl (C=O) groups excluding carboxylic acids is 1. The normalized spacial score (nSPS) is 18.6. The Balaban J connectivity index is 1.47. The lowest BCUT2D eigenvalue weighted by molar-refractivity contribution is -0.135. The Labute approximate surface area is 169 Å². The van der Waals surface area contributed by atoms with Crippen molar-refractivity contribution in [2.75, 3.05) is 25.1 Å². The van der Waals surface area contributed by atoms with Gasteiger partial charge in [0.05, 0.1) is 35.5 Å². The number of fused-ring (bicyclic) bond motifs is 1. The molecule has 1 fully saturated rings. The molecule has 4 heterocycles. The highest BCUT2D eigenvalue weighted by atomic mass is 35.5. The maximum Gasteiger partial charge on any atom is 0.228 e. The van der Waals surface area contributed by atoms with E-state index in [0.717, 1.165) is 47.0 Å². The molecule has 2 aromatic rings. The first-order valence-electron chi connectivity index (χ1n) is 9.46. The summed E-state index contributed by atoms with van der Waals surface area (Å²) in [5.41, 5.74) is 4.67. The lowest BCUT2D eigenvalue weighted by Gasteiger charge is -2.21. The number of hydrogen-bond acceptors (Lipinski definition) is 6. The molecule has 1 amide bonds. The minimum absolute atomic E-state index is 0.0289. The number of anilines is 1. The molecule has 0 saturated carbocycles. The lowest BCUT2D eigenvalue weighted by Crippen LogP contribution is -2.34. The van der Waals surface area contributed by atoms with Gasteiger partial charge in [-0.3, -0.25) is 9.78 Å². The number of carbonyl (C=O) groups is 1. The van der Waals surface area contributed by atoms with Crippen LogP contribution >= 0.6 is 11.6 Å². The molecule has 148 valence electrons. The average molecular weight is 402 g/mol. The van der Waals surface area contributed by atoms with Crippen molar-refractivity contribution in [3.63, 3.8) is 0 Å². The SMILES string of the molecule is COCc1nc2c(c(C)c1Cl)CN(C(=O)C1CCN(c3cc(C)ncn3)C1)C2. The highest BCUT2D eigenvalue weighted by Crippen LogP contribution is 2.33. The number of methoxy groups -OCH3 is 1. The Bertz CT molecular complexity index is 920. The molecule has 2 aromatic heterocycles. The summed E-state index contributed by atoms with van der Waals surface area (Å²) in [5.74, 6) is 1.04. The van der Waals surface area contributed by atoms with Crippen LogP contribution in [0.5, 0.6) is 0 Å². The lowest BCUT2D eigenvalue weighted by atomic mass is 10.1. The molecular formula is C20H24ClN5O2. The Hall–Kier alpha value is -2.25. The van der Waals surface area contributed by atoms with Crippen molar-refractivity contribution in [3.8, 4) is 0 Å². The zero-order valence-corrected chi connectivity index (χ0v) is 17.2. The Morgan fingerprint density at radius 3 is 2.89 bits per heavy atom. The first kappa shape index (κ1) is 19.1. The van der Waals surface area contributed by atoms with Gasteiger partial charge in [-0.1, -0.05) is 11.6 Å². The third-order valence-corrected chi connectivity index (χ3v) is 6.09. The molecule has 2 aliphatic rings. The van der Waals surface area contributed by atoms with E-state index < -0.39 is 0 Å². The van der Waals surface area contributed by atoms with Gasteiger partial charge in [0.1, 0.15) is 12.1 Å². The smallest absolute Gasteiger partial charge is 0.228 e. The minimum atomic E-state index is -0.0289. The van der Waals surface area contributed by atoms with E-state index >= 15 is 0 Å². The summed E-state index contributed by atoms with van der Waals surface area (Å²) in [5, 5.41) is 0.640. The van der Waals surface area contributed by atoms with E-state index in [0.29, 0.717) is 31.3 Å². The van der Waals surface area contributed by atoms with E-state index in [9.17, 15) is 4.79 Å². The third-order valence-electron chi connectivity index (χ3n) is 5.59. The van der Waals surface area contributed by atoms with Gasteiger partial charge in [-0.15, -0.1) is 0 Å². The Kier molecular flexibility index (Phi) is 5.21. The van der Waals surface area contributed by atoms with Crippen LogP contribution in [-0.2, 0) is 29.2 Å². The number of rotatable bonds is 4. The van der Waals surface area contributed by atoms with Crippen molar-refractivity contribution in [2.24, 2.45) is 5.92 Å². The minimum Gasteiger partial charge on any atom is -0.378 e. The van der Waals surface area contributed by atoms with Crippen molar-refractivity contribution in [2.45, 2.75) is 40.0 Å². The maximum atomic E-state index is 13.1. The van der Waals surface area contributed by atoms with Gasteiger partial charge in [-0.2, -0.15) is 0 Å². The second-order valence-corrected chi connectivity index (χ2v) is 7.88. The molecule has 2 aliphatic heterocycles. The van der Waals surface area contributed by atoms with E-state index in [1.165, 1.54) is 0 Å². The van der Waals surface area contributed by atoms with Gasteiger partial charge in [0.15, 0.2) is 0 Å². The van der Waals surface area contributed by atoms with Crippen LogP contribution in [-0.4, -0.2) is 46.0 Å². The molecule has 0 aromatic carbocycles. The second-order valence-electron chi connectivity index (χ2n) is 7.50. The summed E-state index contributed by atoms with van der Waals surface area (Å²) in [6, 6.07) is 1.96. The monoisotopic (exact) mass is 401 g/mol. The summed E-state index contributed by atoms with van der Waals surface area (Å²) in [6.45, 7) is 6.93. The highest BCUT2D eigenvalue weighted by molar-refractivity contribution is 6.32. The van der Waals surface area contributed by atoms with Gasteiger partial charge < -0.3 is 14.5 Å². The van der Waals surface area contributed by atoms with E-state index in [-0.39, 0.29) is 11.8 Å². The number of aromatic nitrogens is 3. The van der Waals surface area contributed by atoms with Gasteiger partial charge in [0.2, 0.25) is 5.91 Å². The number of hydrogen-bond donors (Lipinski definition) is 0. The van der Waals surface area contributed by atoms with Crippen LogP contribution in [0.25, 0.3) is 0 Å². The molecule has 1 saturated heterocycles. The van der Waals surface area contributed by atoms with Gasteiger partial charge in [-0.05, 0) is 31.4 Å². The molecule has 0 radical (unpaired) electrons. The zero-order chi connectivity index (χ0) is 19.8. The first-order valence-corrected chi connectivity index (χ1v) is 9.83. The van der Waals surface area contributed by atoms with Crippen molar-refractivity contribution < 1.29 is 9.53 Å². The molecule has 7 nitrogen and oxygen atoms in total. The molecule has 1 unspecified atom stereocenters. The number of amides is 1. The molecule has 8 heteroatoms. The molecule has 28 heavy (non-hydrogen) atoms. The van der Waals surface area contributed by atoms with Gasteiger partial charge in [0.25, 0.3) is 0 Å². The summed E-state index contributed by atoms with van der Waals surface area (Å²) >= 11 is 6.45. The van der Waals surface area contributed by atoms with Gasteiger partial charge >= 0.3 is 0 Å². The molecule has 1 atom stereocenters. The summed E-state index contributed by atoms with van der Waals surface area (Å²) < 4.78 is 5.20. The van der Waals surface area contributed by atoms with Crippen LogP contribution in [0.2, 0.25) is 5.02 Å². The Morgan fingerprint density at radius 1 is 1.32 bits per heavy atom. The van der Waals surface area contributed by atoms with Crippen LogP contribution in [0.1, 0.15) is 34.6 Å². The van der Waals surface area contributed by atoms with Crippen molar-refractivity contribution in [1.29, 1.82) is 0 Å². The highest BCUT2D eigenvalue weighted by Gasteiger charge is 2.35. The number of aryl methyl sites for hydroxylation is 1. The number of nitrogens with zero attached hydrogens (tertiary/aromatic N) is 5. The Morgan fingerprint density at radius 2 is 2.14 bits per heavy atom. The first-order chi connectivity index (χ1) is 13.5. The zero-order valence-electron chi connectivity index (χ0n) is 16.4. The topological polar surface area (TPSA) is 71.5 Å². The number of pyridine rings is 1. The molecule has 0 N–H and O–H groups in total. The molecular weight excluding hydrogens is 378 g/mol. The average Bonchev–Trinajstić information content (AvgIpc) is 3.33. The second kappa shape index (κ2) is 7.64. The fraction of sp³-hybridized carbons (Fsp3) is 0.500. The van der Waals surface area contributed by atoms with E-state index in [2.05, 4.69) is 19.9 Å². The summed E-state index contributed by atoms with van der Waals surface area (Å²) in [6.07, 6.45) is 2.41. The van der Waals surface area contributed by atoms with Crippen LogP contribution < -0.4 is 4.90 Å². The van der Waals surface area contributed by atoms with Gasteiger partial charge in [0, 0.05) is 38.5 Å². The van der Waals surface area contributed by atoms with Crippen LogP contribution in [0.15, 0.2) is 12.4 Å². The standard InChI is InChI=1S/C20H24ClN5O2/c1-12-6-18(23-11-22-12)25-5-4-14(7-25)20(27)26-8-15-13(2)19(21)17(10-28-3)24-16(15)9-26/h6,11,14H,4-5,7-10H2,1-3H3. The molecule has 0 aliphatic carbocycles. The van der Waals surface area contributed by atoms with Crippen LogP contribution in [0, 0.1) is 19.8 Å². The van der Waals surface area contributed by atoms with E-state index in [4.69, 9.17) is 16.3 Å². The molecule has 0 spiro atoms. The fourth-order valence-electron chi connectivity index (χ4n) is 4.04. The fourth-order valence-corrected chi connectivity index (χ4v) is 4.25. The third kappa shape index (κ3) is 3.44. The quantitative estimate of drug-likeness (QED) is 0.784. The van der Waals surface area contributed by atoms with E-state index in [1.807, 2.05) is 24.8 Å². The van der Waals surface area contributed by atoms with Crippen LogP contribution in [0.3, 0.4) is 0 Å². The van der Waals surface area contributed by atoms with Crippen molar-refractivity contribution in [1.82, 2.24) is 19.9 Å². The summed E-state index contributed by atoms with van der Waals surface area (Å²) in [4.78, 5) is 30.4. The van der Waals surface area contributed by atoms with Gasteiger partial charge in [-0.25, -0.2) is 9.97 Å². The van der Waals surface area contributed by atoms with E-state index in [1.54, 1.807) is 13.4 Å². The predicted octanol–water partition coefficient (Wildman–Crippen LogP) is 2.66.